The minimum atomic E-state index is -0.0960. The van der Waals surface area contributed by atoms with Gasteiger partial charge in [0.05, 0.1) is 5.92 Å². The molecule has 31 heavy (non-hydrogen) atoms. The number of aromatic amines is 1. The zero-order valence-corrected chi connectivity index (χ0v) is 19.2. The fourth-order valence-corrected chi connectivity index (χ4v) is 4.98. The number of anilines is 1. The molecule has 0 spiro atoms. The largest absolute Gasteiger partial charge is 0.368 e. The fourth-order valence-electron chi connectivity index (χ4n) is 4.98. The highest BCUT2D eigenvalue weighted by molar-refractivity contribution is 5.94. The second kappa shape index (κ2) is 8.77. The second-order valence-corrected chi connectivity index (χ2v) is 9.13. The first kappa shape index (κ1) is 21.5. The SMILES string of the molecule is Cc1cc(C)c(C(=O)N2CCC[C@H](C(=O)N3CCN(c4cccc(C)c4C)CC3)C2)[nH]1. The number of benzene rings is 1. The number of aromatic nitrogens is 1. The molecule has 2 amide bonds. The van der Waals surface area contributed by atoms with Gasteiger partial charge in [-0.05, 0) is 69.4 Å². The van der Waals surface area contributed by atoms with Crippen molar-refractivity contribution in [3.05, 3.63) is 52.3 Å². The Balaban J connectivity index is 1.37. The van der Waals surface area contributed by atoms with E-state index in [2.05, 4.69) is 41.9 Å². The number of aryl methyl sites for hydroxylation is 3. The summed E-state index contributed by atoms with van der Waals surface area (Å²) in [5.74, 6) is 0.127. The van der Waals surface area contributed by atoms with Crippen LogP contribution in [0.2, 0.25) is 0 Å². The summed E-state index contributed by atoms with van der Waals surface area (Å²) in [7, 11) is 0. The number of H-pyrrole nitrogens is 1. The Morgan fingerprint density at radius 2 is 1.68 bits per heavy atom. The van der Waals surface area contributed by atoms with Crippen molar-refractivity contribution in [2.45, 2.75) is 40.5 Å². The van der Waals surface area contributed by atoms with Gasteiger partial charge in [-0.3, -0.25) is 9.59 Å². The van der Waals surface area contributed by atoms with E-state index >= 15 is 0 Å². The van der Waals surface area contributed by atoms with Gasteiger partial charge in [-0.1, -0.05) is 12.1 Å². The van der Waals surface area contributed by atoms with Crippen molar-refractivity contribution in [1.29, 1.82) is 0 Å². The number of hydrogen-bond donors (Lipinski definition) is 1. The molecule has 2 aliphatic rings. The zero-order chi connectivity index (χ0) is 22.1. The first-order chi connectivity index (χ1) is 14.8. The summed E-state index contributed by atoms with van der Waals surface area (Å²) in [5.41, 5.74) is 6.52. The Labute approximate surface area is 185 Å². The maximum atomic E-state index is 13.3. The third kappa shape index (κ3) is 4.34. The Morgan fingerprint density at radius 1 is 0.935 bits per heavy atom. The van der Waals surface area contributed by atoms with Gasteiger partial charge >= 0.3 is 0 Å². The van der Waals surface area contributed by atoms with E-state index in [4.69, 9.17) is 0 Å². The molecule has 2 saturated heterocycles. The van der Waals surface area contributed by atoms with Crippen LogP contribution in [-0.4, -0.2) is 65.9 Å². The van der Waals surface area contributed by atoms with Crippen molar-refractivity contribution in [3.63, 3.8) is 0 Å². The van der Waals surface area contributed by atoms with Gasteiger partial charge in [-0.25, -0.2) is 0 Å². The summed E-state index contributed by atoms with van der Waals surface area (Å²) < 4.78 is 0. The number of nitrogens with one attached hydrogen (secondary N) is 1. The molecule has 1 aromatic carbocycles. The molecule has 3 heterocycles. The van der Waals surface area contributed by atoms with E-state index in [1.807, 2.05) is 29.7 Å². The molecule has 0 aliphatic carbocycles. The van der Waals surface area contributed by atoms with Crippen LogP contribution in [0.5, 0.6) is 0 Å². The van der Waals surface area contributed by atoms with Crippen LogP contribution in [0.4, 0.5) is 5.69 Å². The van der Waals surface area contributed by atoms with Crippen LogP contribution in [0.1, 0.15) is 45.7 Å². The molecule has 0 unspecified atom stereocenters. The van der Waals surface area contributed by atoms with E-state index in [0.717, 1.165) is 56.8 Å². The number of hydrogen-bond acceptors (Lipinski definition) is 3. The van der Waals surface area contributed by atoms with Gasteiger partial charge in [-0.2, -0.15) is 0 Å². The third-order valence-electron chi connectivity index (χ3n) is 6.93. The van der Waals surface area contributed by atoms with Crippen LogP contribution in [0.15, 0.2) is 24.3 Å². The number of nitrogens with zero attached hydrogens (tertiary/aromatic N) is 3. The summed E-state index contributed by atoms with van der Waals surface area (Å²) in [5, 5.41) is 0. The standard InChI is InChI=1S/C25H34N4O2/c1-17-7-5-9-22(20(17)4)27-11-13-28(14-12-27)24(30)21-8-6-10-29(16-21)25(31)23-18(2)15-19(3)26-23/h5,7,9,15,21,26H,6,8,10-14,16H2,1-4H3/t21-/m0/s1. The van der Waals surface area contributed by atoms with Gasteiger partial charge in [0.15, 0.2) is 0 Å². The molecule has 1 atom stereocenters. The quantitative estimate of drug-likeness (QED) is 0.824. The van der Waals surface area contributed by atoms with Gasteiger partial charge in [0.1, 0.15) is 5.69 Å². The lowest BCUT2D eigenvalue weighted by Crippen LogP contribution is -2.53. The summed E-state index contributed by atoms with van der Waals surface area (Å²) >= 11 is 0. The molecule has 166 valence electrons. The van der Waals surface area contributed by atoms with E-state index in [9.17, 15) is 9.59 Å². The molecular weight excluding hydrogens is 388 g/mol. The minimum Gasteiger partial charge on any atom is -0.368 e. The summed E-state index contributed by atoms with van der Waals surface area (Å²) in [4.78, 5) is 35.7. The van der Waals surface area contributed by atoms with E-state index in [1.54, 1.807) is 0 Å². The first-order valence-corrected chi connectivity index (χ1v) is 11.4. The number of carbonyl (C=O) groups excluding carboxylic acids is 2. The number of piperazine rings is 1. The average molecular weight is 423 g/mol. The van der Waals surface area contributed by atoms with Gasteiger partial charge in [0, 0.05) is 50.6 Å². The van der Waals surface area contributed by atoms with Crippen LogP contribution in [0.3, 0.4) is 0 Å². The number of piperidine rings is 1. The number of likely N-dealkylation sites (tertiary alicyclic amines) is 1. The molecule has 1 N–H and O–H groups in total. The minimum absolute atomic E-state index is 0.0165. The van der Waals surface area contributed by atoms with E-state index in [1.165, 1.54) is 16.8 Å². The van der Waals surface area contributed by atoms with Crippen molar-refractivity contribution < 1.29 is 9.59 Å². The van der Waals surface area contributed by atoms with Crippen molar-refractivity contribution in [3.8, 4) is 0 Å². The molecule has 0 saturated carbocycles. The molecule has 1 aromatic heterocycles. The van der Waals surface area contributed by atoms with Gasteiger partial charge in [0.2, 0.25) is 5.91 Å². The summed E-state index contributed by atoms with van der Waals surface area (Å²) in [6.45, 7) is 12.7. The van der Waals surface area contributed by atoms with Crippen molar-refractivity contribution in [1.82, 2.24) is 14.8 Å². The van der Waals surface area contributed by atoms with Crippen LogP contribution >= 0.6 is 0 Å². The summed E-state index contributed by atoms with van der Waals surface area (Å²) in [6, 6.07) is 8.42. The molecule has 2 aromatic rings. The van der Waals surface area contributed by atoms with Gasteiger partial charge in [-0.15, -0.1) is 0 Å². The smallest absolute Gasteiger partial charge is 0.270 e. The Hall–Kier alpha value is -2.76. The second-order valence-electron chi connectivity index (χ2n) is 9.13. The van der Waals surface area contributed by atoms with E-state index in [0.29, 0.717) is 12.2 Å². The molecule has 2 fully saturated rings. The van der Waals surface area contributed by atoms with Gasteiger partial charge in [0.25, 0.3) is 5.91 Å². The molecule has 0 bridgehead atoms. The molecule has 6 heteroatoms. The van der Waals surface area contributed by atoms with Crippen molar-refractivity contribution >= 4 is 17.5 Å². The van der Waals surface area contributed by atoms with Crippen LogP contribution in [-0.2, 0) is 4.79 Å². The van der Waals surface area contributed by atoms with Crippen LogP contribution < -0.4 is 4.90 Å². The molecule has 6 nitrogen and oxygen atoms in total. The highest BCUT2D eigenvalue weighted by Gasteiger charge is 2.33. The third-order valence-corrected chi connectivity index (χ3v) is 6.93. The number of rotatable bonds is 3. The monoisotopic (exact) mass is 422 g/mol. The Bertz CT molecular complexity index is 972. The lowest BCUT2D eigenvalue weighted by Gasteiger charge is -2.40. The first-order valence-electron chi connectivity index (χ1n) is 11.4. The lowest BCUT2D eigenvalue weighted by molar-refractivity contribution is -0.137. The van der Waals surface area contributed by atoms with E-state index < -0.39 is 0 Å². The van der Waals surface area contributed by atoms with Crippen LogP contribution in [0, 0.1) is 33.6 Å². The van der Waals surface area contributed by atoms with E-state index in [-0.39, 0.29) is 17.7 Å². The zero-order valence-electron chi connectivity index (χ0n) is 19.2. The normalized spacial score (nSPS) is 19.6. The molecule has 0 radical (unpaired) electrons. The lowest BCUT2D eigenvalue weighted by atomic mass is 9.95. The number of carbonyl (C=O) groups is 2. The molecular formula is C25H34N4O2. The van der Waals surface area contributed by atoms with Crippen molar-refractivity contribution in [2.24, 2.45) is 5.92 Å². The fraction of sp³-hybridized carbons (Fsp3) is 0.520. The maximum Gasteiger partial charge on any atom is 0.270 e. The topological polar surface area (TPSA) is 59.7 Å². The van der Waals surface area contributed by atoms with Crippen molar-refractivity contribution in [2.75, 3.05) is 44.2 Å². The highest BCUT2D eigenvalue weighted by atomic mass is 16.2. The van der Waals surface area contributed by atoms with Crippen LogP contribution in [0.25, 0.3) is 0 Å². The predicted octanol–water partition coefficient (Wildman–Crippen LogP) is 3.45. The number of amides is 2. The Morgan fingerprint density at radius 3 is 2.35 bits per heavy atom. The molecule has 2 aliphatic heterocycles. The molecule has 4 rings (SSSR count). The highest BCUT2D eigenvalue weighted by Crippen LogP contribution is 2.26. The predicted molar refractivity (Wildman–Crippen MR) is 124 cm³/mol. The Kier molecular flexibility index (Phi) is 6.08. The summed E-state index contributed by atoms with van der Waals surface area (Å²) in [6.07, 6.45) is 1.74. The van der Waals surface area contributed by atoms with Gasteiger partial charge < -0.3 is 19.7 Å². The average Bonchev–Trinajstić information content (AvgIpc) is 3.12. The maximum absolute atomic E-state index is 13.3.